The summed E-state index contributed by atoms with van der Waals surface area (Å²) in [5.41, 5.74) is 0. The van der Waals surface area contributed by atoms with Gasteiger partial charge in [0.25, 0.3) is 0 Å². The predicted molar refractivity (Wildman–Crippen MR) is 63.2 cm³/mol. The number of nitrogens with zero attached hydrogens (tertiary/aromatic N) is 1. The van der Waals surface area contributed by atoms with Crippen LogP contribution in [0.15, 0.2) is 33.5 Å². The molecule has 0 saturated heterocycles. The number of benzene rings is 1. The monoisotopic (exact) mass is 261 g/mol. The van der Waals surface area contributed by atoms with Crippen molar-refractivity contribution in [2.45, 2.75) is 11.8 Å². The smallest absolute Gasteiger partial charge is 0.441 e. The normalized spacial score (nSPS) is 13.9. The van der Waals surface area contributed by atoms with E-state index >= 15 is 0 Å². The van der Waals surface area contributed by atoms with Gasteiger partial charge in [0, 0.05) is 15.7 Å². The molecule has 1 aromatic carbocycles. The number of ether oxygens (including phenoxy) is 1. The van der Waals surface area contributed by atoms with Crippen molar-refractivity contribution < 1.29 is 13.7 Å². The first kappa shape index (κ1) is 13.0. The molecule has 16 heavy (non-hydrogen) atoms. The largest absolute Gasteiger partial charge is 0.451 e. The van der Waals surface area contributed by atoms with Crippen LogP contribution in [-0.2, 0) is 14.5 Å². The third-order valence-electron chi connectivity index (χ3n) is 1.97. The number of carbonyl (C=O) groups excluding carboxylic acids is 1. The highest BCUT2D eigenvalue weighted by Crippen LogP contribution is 2.17. The highest BCUT2D eigenvalue weighted by atomic mass is 35.5. The average Bonchev–Trinajstić information content (AvgIpc) is 2.29. The van der Waals surface area contributed by atoms with Gasteiger partial charge in [0.15, 0.2) is 0 Å². The molecule has 0 radical (unpaired) electrons. The topological polar surface area (TPSA) is 55.7 Å². The molecule has 6 heteroatoms. The molecule has 0 N–H and O–H groups in total. The first-order valence-electron chi connectivity index (χ1n) is 4.60. The summed E-state index contributed by atoms with van der Waals surface area (Å²) in [6.45, 7) is 1.70. The predicted octanol–water partition coefficient (Wildman–Crippen LogP) is 2.95. The molecule has 4 nitrogen and oxygen atoms in total. The summed E-state index contributed by atoms with van der Waals surface area (Å²) in [4.78, 5) is 11.5. The van der Waals surface area contributed by atoms with Crippen LogP contribution < -0.4 is 0 Å². The second-order valence-corrected chi connectivity index (χ2v) is 5.89. The molecule has 0 aromatic heterocycles. The van der Waals surface area contributed by atoms with Gasteiger partial charge < -0.3 is 4.74 Å². The van der Waals surface area contributed by atoms with Crippen LogP contribution in [0.1, 0.15) is 6.92 Å². The van der Waals surface area contributed by atoms with Crippen molar-refractivity contribution in [3.05, 3.63) is 29.3 Å². The van der Waals surface area contributed by atoms with Gasteiger partial charge in [-0.2, -0.15) is 0 Å². The van der Waals surface area contributed by atoms with E-state index in [0.29, 0.717) is 9.92 Å². The molecule has 1 unspecified atom stereocenters. The number of hydrogen-bond donors (Lipinski definition) is 0. The molecule has 0 fully saturated rings. The molecule has 0 saturated carbocycles. The fourth-order valence-electron chi connectivity index (χ4n) is 1.09. The number of carbonyl (C=O) groups is 1. The average molecular weight is 262 g/mol. The van der Waals surface area contributed by atoms with Crippen molar-refractivity contribution in [3.8, 4) is 0 Å². The molecule has 1 aromatic rings. The van der Waals surface area contributed by atoms with Crippen molar-refractivity contribution >= 4 is 27.4 Å². The summed E-state index contributed by atoms with van der Waals surface area (Å²) >= 11 is 5.72. The summed E-state index contributed by atoms with van der Waals surface area (Å²) < 4.78 is 20.3. The van der Waals surface area contributed by atoms with Gasteiger partial charge in [-0.1, -0.05) is 18.5 Å². The molecule has 0 aliphatic rings. The number of halogens is 1. The maximum atomic E-state index is 12.3. The summed E-state index contributed by atoms with van der Waals surface area (Å²) in [5.74, 6) is 0.240. The Morgan fingerprint density at radius 2 is 2.00 bits per heavy atom. The van der Waals surface area contributed by atoms with Crippen LogP contribution in [0, 0.1) is 0 Å². The number of amides is 1. The van der Waals surface area contributed by atoms with E-state index in [1.54, 1.807) is 31.2 Å². The number of rotatable bonds is 2. The molecule has 1 rings (SSSR count). The molecule has 88 valence electrons. The van der Waals surface area contributed by atoms with Crippen LogP contribution in [0.3, 0.4) is 0 Å². The van der Waals surface area contributed by atoms with Gasteiger partial charge in [0.1, 0.15) is 0 Å². The van der Waals surface area contributed by atoms with E-state index in [2.05, 4.69) is 9.10 Å². The van der Waals surface area contributed by atoms with E-state index in [4.69, 9.17) is 11.6 Å². The summed E-state index contributed by atoms with van der Waals surface area (Å²) in [6.07, 6.45) is -0.832. The minimum atomic E-state index is -2.74. The SMILES string of the molecule is CCS(=O)(=NC(=O)OC)c1ccc(Cl)cc1. The summed E-state index contributed by atoms with van der Waals surface area (Å²) in [7, 11) is -1.54. The Hall–Kier alpha value is -1.07. The van der Waals surface area contributed by atoms with Gasteiger partial charge >= 0.3 is 6.09 Å². The van der Waals surface area contributed by atoms with Crippen molar-refractivity contribution in [2.75, 3.05) is 12.9 Å². The molecular formula is C10H12ClNO3S. The molecule has 0 heterocycles. The van der Waals surface area contributed by atoms with E-state index in [1.807, 2.05) is 0 Å². The highest BCUT2D eigenvalue weighted by molar-refractivity contribution is 7.93. The van der Waals surface area contributed by atoms with Gasteiger partial charge in [-0.25, -0.2) is 9.00 Å². The van der Waals surface area contributed by atoms with Crippen LogP contribution in [0.5, 0.6) is 0 Å². The molecular weight excluding hydrogens is 250 g/mol. The fraction of sp³-hybridized carbons (Fsp3) is 0.300. The first-order valence-corrected chi connectivity index (χ1v) is 6.66. The van der Waals surface area contributed by atoms with E-state index < -0.39 is 15.8 Å². The second-order valence-electron chi connectivity index (χ2n) is 2.94. The highest BCUT2D eigenvalue weighted by Gasteiger charge is 2.12. The Bertz CT molecular complexity index is 489. The third kappa shape index (κ3) is 2.96. The molecule has 0 bridgehead atoms. The lowest BCUT2D eigenvalue weighted by Gasteiger charge is -2.06. The maximum Gasteiger partial charge on any atom is 0.441 e. The fourth-order valence-corrected chi connectivity index (χ4v) is 2.66. The zero-order valence-electron chi connectivity index (χ0n) is 8.97. The summed E-state index contributed by atoms with van der Waals surface area (Å²) in [6, 6.07) is 6.42. The number of methoxy groups -OCH3 is 1. The van der Waals surface area contributed by atoms with Crippen molar-refractivity contribution in [2.24, 2.45) is 4.36 Å². The molecule has 0 spiro atoms. The van der Waals surface area contributed by atoms with Gasteiger partial charge in [-0.15, -0.1) is 4.36 Å². The Kier molecular flexibility index (Phi) is 4.32. The van der Waals surface area contributed by atoms with Gasteiger partial charge in [0.05, 0.1) is 16.8 Å². The van der Waals surface area contributed by atoms with Crippen molar-refractivity contribution in [3.63, 3.8) is 0 Å². The van der Waals surface area contributed by atoms with Crippen LogP contribution >= 0.6 is 11.6 Å². The van der Waals surface area contributed by atoms with Gasteiger partial charge in [-0.3, -0.25) is 0 Å². The maximum absolute atomic E-state index is 12.3. The molecule has 0 aliphatic carbocycles. The van der Waals surface area contributed by atoms with E-state index in [0.717, 1.165) is 0 Å². The third-order valence-corrected chi connectivity index (χ3v) is 4.46. The first-order chi connectivity index (χ1) is 7.51. The van der Waals surface area contributed by atoms with Crippen molar-refractivity contribution in [1.29, 1.82) is 0 Å². The minimum absolute atomic E-state index is 0.240. The lowest BCUT2D eigenvalue weighted by atomic mass is 10.4. The molecule has 0 aliphatic heterocycles. The van der Waals surface area contributed by atoms with E-state index in [-0.39, 0.29) is 5.75 Å². The summed E-state index contributed by atoms with van der Waals surface area (Å²) in [5, 5.41) is 0.541. The van der Waals surface area contributed by atoms with Gasteiger partial charge in [0.2, 0.25) is 0 Å². The Labute approximate surface area is 99.7 Å². The zero-order chi connectivity index (χ0) is 12.2. The van der Waals surface area contributed by atoms with Crippen LogP contribution in [0.2, 0.25) is 5.02 Å². The van der Waals surface area contributed by atoms with Crippen molar-refractivity contribution in [1.82, 2.24) is 0 Å². The second kappa shape index (κ2) is 5.32. The van der Waals surface area contributed by atoms with E-state index in [1.165, 1.54) is 7.11 Å². The van der Waals surface area contributed by atoms with E-state index in [9.17, 15) is 9.00 Å². The van der Waals surface area contributed by atoms with Gasteiger partial charge in [-0.05, 0) is 24.3 Å². The molecule has 1 amide bonds. The minimum Gasteiger partial charge on any atom is -0.451 e. The molecule has 1 atom stereocenters. The number of hydrogen-bond acceptors (Lipinski definition) is 3. The van der Waals surface area contributed by atoms with Crippen LogP contribution in [0.25, 0.3) is 0 Å². The lowest BCUT2D eigenvalue weighted by molar-refractivity contribution is 0.183. The van der Waals surface area contributed by atoms with Crippen LogP contribution in [-0.4, -0.2) is 23.2 Å². The quantitative estimate of drug-likeness (QED) is 0.822. The lowest BCUT2D eigenvalue weighted by Crippen LogP contribution is -2.07. The Balaban J connectivity index is 3.25. The standard InChI is InChI=1S/C10H12ClNO3S/c1-3-16(14,12-10(13)15-2)9-6-4-8(11)5-7-9/h4-7H,3H2,1-2H3. The Morgan fingerprint density at radius 1 is 1.44 bits per heavy atom. The van der Waals surface area contributed by atoms with Crippen LogP contribution in [0.4, 0.5) is 4.79 Å². The Morgan fingerprint density at radius 3 is 2.44 bits per heavy atom. The zero-order valence-corrected chi connectivity index (χ0v) is 10.5.